The Balaban J connectivity index is 1.53. The van der Waals surface area contributed by atoms with Gasteiger partial charge in [-0.05, 0) is 57.5 Å². The summed E-state index contributed by atoms with van der Waals surface area (Å²) in [4.78, 5) is 29.5. The number of hydrogen-bond acceptors (Lipinski definition) is 7. The Morgan fingerprint density at radius 1 is 1.08 bits per heavy atom. The van der Waals surface area contributed by atoms with E-state index >= 15 is 0 Å². The highest BCUT2D eigenvalue weighted by Gasteiger charge is 2.63. The highest BCUT2D eigenvalue weighted by molar-refractivity contribution is 7.86. The lowest BCUT2D eigenvalue weighted by molar-refractivity contribution is -0.161. The second-order valence-corrected chi connectivity index (χ2v) is 11.9. The molecule has 2 amide bonds. The van der Waals surface area contributed by atoms with Gasteiger partial charge in [0.2, 0.25) is 0 Å². The summed E-state index contributed by atoms with van der Waals surface area (Å²) in [5.41, 5.74) is -0.152. The van der Waals surface area contributed by atoms with Gasteiger partial charge in [-0.15, -0.1) is 0 Å². The standard InChI is InChI=1S/C26H32N2O7S/c1-18-6-12-22(13-7-18)36(31,32)35-21-14-26(28(16-21)24(30)34-25(2,3)4)17-27(23(26)29)15-19-8-10-20(33-5)11-9-19/h6-13,21H,14-17H2,1-5H3/t21-,26?/m1/s1. The smallest absolute Gasteiger partial charge is 0.411 e. The summed E-state index contributed by atoms with van der Waals surface area (Å²) in [5.74, 6) is 0.454. The van der Waals surface area contributed by atoms with Gasteiger partial charge in [-0.1, -0.05) is 29.8 Å². The molecule has 4 rings (SSSR count). The fourth-order valence-electron chi connectivity index (χ4n) is 4.59. The van der Waals surface area contributed by atoms with Gasteiger partial charge in [-0.3, -0.25) is 13.9 Å². The van der Waals surface area contributed by atoms with Crippen LogP contribution in [0.4, 0.5) is 4.79 Å². The molecule has 2 fully saturated rings. The molecule has 2 aromatic carbocycles. The van der Waals surface area contributed by atoms with Crippen molar-refractivity contribution in [1.29, 1.82) is 0 Å². The maximum atomic E-state index is 13.5. The van der Waals surface area contributed by atoms with E-state index < -0.39 is 33.5 Å². The van der Waals surface area contributed by atoms with Crippen LogP contribution in [-0.4, -0.2) is 67.7 Å². The van der Waals surface area contributed by atoms with E-state index in [1.165, 1.54) is 17.0 Å². The van der Waals surface area contributed by atoms with Crippen molar-refractivity contribution in [3.8, 4) is 5.75 Å². The van der Waals surface area contributed by atoms with E-state index in [1.54, 1.807) is 44.9 Å². The molecule has 36 heavy (non-hydrogen) atoms. The monoisotopic (exact) mass is 516 g/mol. The minimum Gasteiger partial charge on any atom is -0.497 e. The number of amides is 2. The van der Waals surface area contributed by atoms with Gasteiger partial charge in [0.1, 0.15) is 16.9 Å². The Labute approximate surface area is 212 Å². The Bertz CT molecular complexity index is 1240. The molecule has 2 saturated heterocycles. The lowest BCUT2D eigenvalue weighted by atomic mass is 9.85. The number of rotatable bonds is 6. The van der Waals surface area contributed by atoms with Crippen LogP contribution in [0.1, 0.15) is 38.3 Å². The van der Waals surface area contributed by atoms with E-state index in [0.717, 1.165) is 11.1 Å². The highest BCUT2D eigenvalue weighted by Crippen LogP contribution is 2.42. The number of carbonyl (C=O) groups excluding carboxylic acids is 2. The van der Waals surface area contributed by atoms with Crippen molar-refractivity contribution in [2.24, 2.45) is 0 Å². The van der Waals surface area contributed by atoms with Crippen LogP contribution in [0.2, 0.25) is 0 Å². The average molecular weight is 517 g/mol. The third kappa shape index (κ3) is 5.19. The van der Waals surface area contributed by atoms with Gasteiger partial charge in [-0.25, -0.2) is 4.79 Å². The number of nitrogens with zero attached hydrogens (tertiary/aromatic N) is 2. The number of likely N-dealkylation sites (tertiary alicyclic amines) is 2. The predicted octanol–water partition coefficient (Wildman–Crippen LogP) is 3.50. The van der Waals surface area contributed by atoms with Crippen LogP contribution in [0.3, 0.4) is 0 Å². The molecule has 0 aromatic heterocycles. The Hall–Kier alpha value is -3.11. The largest absolute Gasteiger partial charge is 0.497 e. The Kier molecular flexibility index (Phi) is 6.78. The zero-order chi connectivity index (χ0) is 26.3. The molecule has 2 aromatic rings. The van der Waals surface area contributed by atoms with Crippen molar-refractivity contribution in [2.45, 2.75) is 62.8 Å². The van der Waals surface area contributed by atoms with Gasteiger partial charge < -0.3 is 14.4 Å². The zero-order valence-electron chi connectivity index (χ0n) is 21.2. The average Bonchev–Trinajstić information content (AvgIpc) is 3.18. The molecule has 194 valence electrons. The number of ether oxygens (including phenoxy) is 2. The number of methoxy groups -OCH3 is 1. The summed E-state index contributed by atoms with van der Waals surface area (Å²) in [5, 5.41) is 0. The van der Waals surface area contributed by atoms with Crippen molar-refractivity contribution in [3.63, 3.8) is 0 Å². The van der Waals surface area contributed by atoms with E-state index in [0.29, 0.717) is 12.3 Å². The molecule has 9 nitrogen and oxygen atoms in total. The SMILES string of the molecule is COc1ccc(CN2CC3(C[C@@H](OS(=O)(=O)c4ccc(C)cc4)CN3C(=O)OC(C)(C)C)C2=O)cc1. The van der Waals surface area contributed by atoms with E-state index in [9.17, 15) is 18.0 Å². The maximum absolute atomic E-state index is 13.5. The molecule has 0 bridgehead atoms. The highest BCUT2D eigenvalue weighted by atomic mass is 32.2. The molecule has 2 aliphatic heterocycles. The molecule has 2 atom stereocenters. The van der Waals surface area contributed by atoms with E-state index in [2.05, 4.69) is 0 Å². The summed E-state index contributed by atoms with van der Waals surface area (Å²) >= 11 is 0. The fourth-order valence-corrected chi connectivity index (χ4v) is 5.66. The fraction of sp³-hybridized carbons (Fsp3) is 0.462. The maximum Gasteiger partial charge on any atom is 0.411 e. The number of β-lactam (4-membered cyclic amide) rings is 1. The molecular weight excluding hydrogens is 484 g/mol. The first kappa shape index (κ1) is 26.0. The first-order valence-corrected chi connectivity index (χ1v) is 13.2. The minimum absolute atomic E-state index is 0.0268. The zero-order valence-corrected chi connectivity index (χ0v) is 22.0. The normalized spacial score (nSPS) is 22.0. The number of aryl methyl sites for hydroxylation is 1. The summed E-state index contributed by atoms with van der Waals surface area (Å²) in [6.45, 7) is 7.62. The van der Waals surface area contributed by atoms with Crippen molar-refractivity contribution in [2.75, 3.05) is 20.2 Å². The topological polar surface area (TPSA) is 102 Å². The molecule has 0 N–H and O–H groups in total. The number of carbonyl (C=O) groups is 2. The Morgan fingerprint density at radius 2 is 1.72 bits per heavy atom. The van der Waals surface area contributed by atoms with Crippen LogP contribution in [0.25, 0.3) is 0 Å². The Morgan fingerprint density at radius 3 is 2.28 bits per heavy atom. The van der Waals surface area contributed by atoms with E-state index in [-0.39, 0.29) is 30.3 Å². The molecule has 1 spiro atoms. The van der Waals surface area contributed by atoms with Crippen molar-refractivity contribution < 1.29 is 31.7 Å². The molecular formula is C26H32N2O7S. The molecule has 0 aliphatic carbocycles. The molecule has 10 heteroatoms. The van der Waals surface area contributed by atoms with E-state index in [1.807, 2.05) is 31.2 Å². The summed E-state index contributed by atoms with van der Waals surface area (Å²) < 4.78 is 42.1. The van der Waals surface area contributed by atoms with Crippen LogP contribution in [0.15, 0.2) is 53.4 Å². The van der Waals surface area contributed by atoms with Crippen LogP contribution in [0.5, 0.6) is 5.75 Å². The lowest BCUT2D eigenvalue weighted by Crippen LogP contribution is -2.72. The lowest BCUT2D eigenvalue weighted by Gasteiger charge is -2.50. The summed E-state index contributed by atoms with van der Waals surface area (Å²) in [7, 11) is -2.50. The van der Waals surface area contributed by atoms with Gasteiger partial charge in [-0.2, -0.15) is 8.42 Å². The number of hydrogen-bond donors (Lipinski definition) is 0. The first-order valence-electron chi connectivity index (χ1n) is 11.8. The van der Waals surface area contributed by atoms with Gasteiger partial charge in [0, 0.05) is 13.0 Å². The first-order chi connectivity index (χ1) is 16.8. The second kappa shape index (κ2) is 9.40. The molecule has 1 unspecified atom stereocenters. The van der Waals surface area contributed by atoms with Crippen LogP contribution < -0.4 is 4.74 Å². The van der Waals surface area contributed by atoms with Crippen LogP contribution >= 0.6 is 0 Å². The van der Waals surface area contributed by atoms with Crippen molar-refractivity contribution >= 4 is 22.1 Å². The number of benzene rings is 2. The van der Waals surface area contributed by atoms with Gasteiger partial charge in [0.05, 0.1) is 31.2 Å². The van der Waals surface area contributed by atoms with Gasteiger partial charge >= 0.3 is 6.09 Å². The van der Waals surface area contributed by atoms with Gasteiger partial charge in [0.15, 0.2) is 0 Å². The van der Waals surface area contributed by atoms with Crippen molar-refractivity contribution in [3.05, 3.63) is 59.7 Å². The molecule has 0 saturated carbocycles. The summed E-state index contributed by atoms with van der Waals surface area (Å²) in [6, 6.07) is 13.7. The molecule has 2 heterocycles. The van der Waals surface area contributed by atoms with Crippen LogP contribution in [0, 0.1) is 6.92 Å². The van der Waals surface area contributed by atoms with E-state index in [4.69, 9.17) is 13.7 Å². The van der Waals surface area contributed by atoms with Crippen LogP contribution in [-0.2, 0) is 30.4 Å². The van der Waals surface area contributed by atoms with Gasteiger partial charge in [0.25, 0.3) is 16.0 Å². The predicted molar refractivity (Wildman–Crippen MR) is 132 cm³/mol. The minimum atomic E-state index is -4.08. The quantitative estimate of drug-likeness (QED) is 0.428. The second-order valence-electron chi connectivity index (χ2n) is 10.3. The molecule has 2 aliphatic rings. The third-order valence-electron chi connectivity index (χ3n) is 6.32. The summed E-state index contributed by atoms with van der Waals surface area (Å²) in [6.07, 6.45) is -1.48. The molecule has 0 radical (unpaired) electrons. The van der Waals surface area contributed by atoms with Crippen molar-refractivity contribution in [1.82, 2.24) is 9.80 Å². The third-order valence-corrected chi connectivity index (χ3v) is 7.70.